The molecule has 1 aromatic heterocycles. The van der Waals surface area contributed by atoms with Gasteiger partial charge in [0.05, 0.1) is 0 Å². The van der Waals surface area contributed by atoms with Gasteiger partial charge in [-0.3, -0.25) is 0 Å². The van der Waals surface area contributed by atoms with Crippen LogP contribution in [0.5, 0.6) is 0 Å². The summed E-state index contributed by atoms with van der Waals surface area (Å²) in [5, 5.41) is 2.33. The fraction of sp³-hybridized carbons (Fsp3) is 0.0323. The van der Waals surface area contributed by atoms with Gasteiger partial charge in [0.2, 0.25) is 0 Å². The van der Waals surface area contributed by atoms with Gasteiger partial charge in [0, 0.05) is 10.8 Å². The van der Waals surface area contributed by atoms with Gasteiger partial charge in [0.25, 0.3) is 0 Å². The second-order valence-corrected chi connectivity index (χ2v) is 8.33. The van der Waals surface area contributed by atoms with Gasteiger partial charge in [-0.25, -0.2) is 0 Å². The predicted octanol–water partition coefficient (Wildman–Crippen LogP) is 8.90. The van der Waals surface area contributed by atoms with Crippen LogP contribution >= 0.6 is 0 Å². The summed E-state index contributed by atoms with van der Waals surface area (Å²) in [6.07, 6.45) is 0. The van der Waals surface area contributed by atoms with E-state index < -0.39 is 0 Å². The molecule has 0 aliphatic carbocycles. The Balaban J connectivity index is 1.33. The van der Waals surface area contributed by atoms with E-state index in [1.165, 1.54) is 33.4 Å². The quantitative estimate of drug-likeness (QED) is 0.284. The van der Waals surface area contributed by atoms with Gasteiger partial charge in [-0.05, 0) is 64.6 Å². The number of benzene rings is 5. The van der Waals surface area contributed by atoms with Crippen molar-refractivity contribution in [2.75, 3.05) is 0 Å². The first kappa shape index (κ1) is 18.7. The topological polar surface area (TPSA) is 13.1 Å². The Kier molecular flexibility index (Phi) is 4.40. The average Bonchev–Trinajstić information content (AvgIpc) is 3.22. The van der Waals surface area contributed by atoms with Crippen molar-refractivity contribution >= 4 is 21.9 Å². The number of furan rings is 1. The third kappa shape index (κ3) is 3.29. The zero-order chi connectivity index (χ0) is 21.5. The highest BCUT2D eigenvalue weighted by Crippen LogP contribution is 2.33. The minimum atomic E-state index is 0.929. The SMILES string of the molecule is Cc1ccc(-c2cccc(-c3ccc(-c4ccc5c(c4)oc4ccccc45)cc3)c2)cc1. The lowest BCUT2D eigenvalue weighted by atomic mass is 9.96. The van der Waals surface area contributed by atoms with E-state index in [-0.39, 0.29) is 0 Å². The van der Waals surface area contributed by atoms with Crippen molar-refractivity contribution < 1.29 is 4.42 Å². The third-order valence-electron chi connectivity index (χ3n) is 6.18. The van der Waals surface area contributed by atoms with E-state index in [1.807, 2.05) is 12.1 Å². The van der Waals surface area contributed by atoms with Crippen LogP contribution in [0.3, 0.4) is 0 Å². The summed E-state index contributed by atoms with van der Waals surface area (Å²) in [7, 11) is 0. The summed E-state index contributed by atoms with van der Waals surface area (Å²) in [5.74, 6) is 0. The van der Waals surface area contributed by atoms with Gasteiger partial charge < -0.3 is 4.42 Å². The summed E-state index contributed by atoms with van der Waals surface area (Å²) >= 11 is 0. The smallest absolute Gasteiger partial charge is 0.136 e. The van der Waals surface area contributed by atoms with E-state index in [9.17, 15) is 0 Å². The highest BCUT2D eigenvalue weighted by Gasteiger charge is 2.08. The maximum Gasteiger partial charge on any atom is 0.136 e. The zero-order valence-corrected chi connectivity index (χ0v) is 17.9. The standard InChI is InChI=1S/C31H22O/c1-21-9-11-22(12-10-21)25-5-4-6-26(19-25)23-13-15-24(16-14-23)27-17-18-29-28-7-2-3-8-30(28)32-31(29)20-27/h2-20H,1H3. The van der Waals surface area contributed by atoms with Gasteiger partial charge in [0.1, 0.15) is 11.2 Å². The molecule has 0 aliphatic heterocycles. The molecule has 6 aromatic rings. The van der Waals surface area contributed by atoms with Gasteiger partial charge in [-0.1, -0.05) is 96.6 Å². The lowest BCUT2D eigenvalue weighted by Gasteiger charge is -2.08. The van der Waals surface area contributed by atoms with Crippen molar-refractivity contribution in [1.29, 1.82) is 0 Å². The normalized spacial score (nSPS) is 11.3. The molecule has 1 nitrogen and oxygen atoms in total. The van der Waals surface area contributed by atoms with Crippen LogP contribution in [-0.2, 0) is 0 Å². The molecule has 1 heterocycles. The van der Waals surface area contributed by atoms with Gasteiger partial charge >= 0.3 is 0 Å². The van der Waals surface area contributed by atoms with Crippen LogP contribution in [0.1, 0.15) is 5.56 Å². The number of hydrogen-bond acceptors (Lipinski definition) is 1. The largest absolute Gasteiger partial charge is 0.456 e. The van der Waals surface area contributed by atoms with Crippen molar-refractivity contribution in [3.8, 4) is 33.4 Å². The second-order valence-electron chi connectivity index (χ2n) is 8.33. The summed E-state index contributed by atoms with van der Waals surface area (Å²) in [6.45, 7) is 2.12. The van der Waals surface area contributed by atoms with Crippen LogP contribution in [0.15, 0.2) is 120 Å². The molecular formula is C31H22O. The van der Waals surface area contributed by atoms with Gasteiger partial charge in [0.15, 0.2) is 0 Å². The molecule has 1 heteroatoms. The Morgan fingerprint density at radius 3 is 1.62 bits per heavy atom. The van der Waals surface area contributed by atoms with Crippen LogP contribution in [-0.4, -0.2) is 0 Å². The summed E-state index contributed by atoms with van der Waals surface area (Å²) in [6, 6.07) is 40.9. The fourth-order valence-electron chi connectivity index (χ4n) is 4.38. The Morgan fingerprint density at radius 2 is 0.938 bits per heavy atom. The molecule has 0 atom stereocenters. The van der Waals surface area contributed by atoms with Crippen LogP contribution in [0.25, 0.3) is 55.3 Å². The van der Waals surface area contributed by atoms with Crippen molar-refractivity contribution in [2.45, 2.75) is 6.92 Å². The van der Waals surface area contributed by atoms with Crippen LogP contribution in [0.4, 0.5) is 0 Å². The van der Waals surface area contributed by atoms with Gasteiger partial charge in [-0.15, -0.1) is 0 Å². The van der Waals surface area contributed by atoms with Crippen molar-refractivity contribution in [3.05, 3.63) is 121 Å². The molecule has 0 saturated heterocycles. The monoisotopic (exact) mass is 410 g/mol. The van der Waals surface area contributed by atoms with E-state index in [2.05, 4.69) is 110 Å². The molecular weight excluding hydrogens is 388 g/mol. The molecule has 0 bridgehead atoms. The first-order valence-corrected chi connectivity index (χ1v) is 10.9. The Morgan fingerprint density at radius 1 is 0.406 bits per heavy atom. The number of fused-ring (bicyclic) bond motifs is 3. The first-order chi connectivity index (χ1) is 15.7. The van der Waals surface area contributed by atoms with Crippen LogP contribution in [0.2, 0.25) is 0 Å². The van der Waals surface area contributed by atoms with Crippen LogP contribution < -0.4 is 0 Å². The Bertz CT molecular complexity index is 1550. The summed E-state index contributed by atoms with van der Waals surface area (Å²) < 4.78 is 6.07. The van der Waals surface area contributed by atoms with E-state index in [0.717, 1.165) is 27.5 Å². The number of rotatable bonds is 3. The van der Waals surface area contributed by atoms with E-state index in [1.54, 1.807) is 0 Å². The molecule has 0 spiro atoms. The number of para-hydroxylation sites is 1. The van der Waals surface area contributed by atoms with Crippen molar-refractivity contribution in [1.82, 2.24) is 0 Å². The summed E-state index contributed by atoms with van der Waals surface area (Å²) in [5.41, 5.74) is 10.4. The van der Waals surface area contributed by atoms with E-state index >= 15 is 0 Å². The highest BCUT2D eigenvalue weighted by atomic mass is 16.3. The van der Waals surface area contributed by atoms with E-state index in [4.69, 9.17) is 4.42 Å². The molecule has 0 N–H and O–H groups in total. The van der Waals surface area contributed by atoms with Gasteiger partial charge in [-0.2, -0.15) is 0 Å². The van der Waals surface area contributed by atoms with Crippen molar-refractivity contribution in [3.63, 3.8) is 0 Å². The molecule has 0 aliphatic rings. The summed E-state index contributed by atoms with van der Waals surface area (Å²) in [4.78, 5) is 0. The number of aryl methyl sites for hydroxylation is 1. The zero-order valence-electron chi connectivity index (χ0n) is 17.9. The molecule has 32 heavy (non-hydrogen) atoms. The highest BCUT2D eigenvalue weighted by molar-refractivity contribution is 6.05. The molecule has 0 fully saturated rings. The molecule has 0 radical (unpaired) electrons. The lowest BCUT2D eigenvalue weighted by Crippen LogP contribution is -1.83. The first-order valence-electron chi connectivity index (χ1n) is 10.9. The Hall–Kier alpha value is -4.10. The molecule has 0 unspecified atom stereocenters. The molecule has 0 amide bonds. The predicted molar refractivity (Wildman–Crippen MR) is 135 cm³/mol. The maximum absolute atomic E-state index is 6.07. The molecule has 5 aromatic carbocycles. The number of hydrogen-bond donors (Lipinski definition) is 0. The molecule has 0 saturated carbocycles. The Labute approximate surface area is 187 Å². The van der Waals surface area contributed by atoms with Crippen LogP contribution in [0, 0.1) is 6.92 Å². The minimum absolute atomic E-state index is 0.929. The fourth-order valence-corrected chi connectivity index (χ4v) is 4.38. The molecule has 6 rings (SSSR count). The average molecular weight is 411 g/mol. The van der Waals surface area contributed by atoms with E-state index in [0.29, 0.717) is 0 Å². The molecule has 152 valence electrons. The lowest BCUT2D eigenvalue weighted by molar-refractivity contribution is 0.669. The van der Waals surface area contributed by atoms with Crippen molar-refractivity contribution in [2.24, 2.45) is 0 Å². The second kappa shape index (κ2) is 7.55. The minimum Gasteiger partial charge on any atom is -0.456 e. The maximum atomic E-state index is 6.07. The third-order valence-corrected chi connectivity index (χ3v) is 6.18.